The van der Waals surface area contributed by atoms with Crippen molar-refractivity contribution in [3.63, 3.8) is 0 Å². The van der Waals surface area contributed by atoms with Gasteiger partial charge in [-0.15, -0.1) is 0 Å². The lowest BCUT2D eigenvalue weighted by atomic mass is 10.3. The van der Waals surface area contributed by atoms with Gasteiger partial charge in [-0.05, 0) is 0 Å². The maximum atomic E-state index is 12.0. The van der Waals surface area contributed by atoms with Crippen molar-refractivity contribution in [1.82, 2.24) is 14.5 Å². The average molecular weight is 299 g/mol. The van der Waals surface area contributed by atoms with Crippen molar-refractivity contribution >= 4 is 23.6 Å². The molecule has 1 fully saturated rings. The molecule has 0 radical (unpaired) electrons. The van der Waals surface area contributed by atoms with Crippen molar-refractivity contribution in [2.45, 2.75) is 18.1 Å². The van der Waals surface area contributed by atoms with Crippen molar-refractivity contribution in [3.05, 3.63) is 12.4 Å². The lowest BCUT2D eigenvalue weighted by molar-refractivity contribution is -0.135. The highest BCUT2D eigenvalue weighted by atomic mass is 32.2. The highest BCUT2D eigenvalue weighted by Gasteiger charge is 2.17. The second-order valence-corrected chi connectivity index (χ2v) is 5.27. The van der Waals surface area contributed by atoms with Crippen LogP contribution in [0.1, 0.15) is 6.42 Å². The number of morpholine rings is 1. The molecule has 1 aromatic rings. The molecule has 7 nitrogen and oxygen atoms in total. The molecule has 2 heterocycles. The molecular formula is C12H17N3O4S. The summed E-state index contributed by atoms with van der Waals surface area (Å²) in [5.74, 6) is -0.820. The molecule has 0 spiro atoms. The van der Waals surface area contributed by atoms with Gasteiger partial charge in [-0.25, -0.2) is 4.98 Å². The zero-order valence-electron chi connectivity index (χ0n) is 11.0. The Kier molecular flexibility index (Phi) is 5.42. The summed E-state index contributed by atoms with van der Waals surface area (Å²) in [6.07, 6.45) is 3.76. The van der Waals surface area contributed by atoms with Gasteiger partial charge in [0.2, 0.25) is 5.91 Å². The first-order valence-electron chi connectivity index (χ1n) is 6.38. The van der Waals surface area contributed by atoms with E-state index in [0.29, 0.717) is 44.4 Å². The van der Waals surface area contributed by atoms with Crippen LogP contribution in [-0.4, -0.2) is 63.5 Å². The fourth-order valence-corrected chi connectivity index (χ4v) is 2.63. The first-order chi connectivity index (χ1) is 9.66. The van der Waals surface area contributed by atoms with Gasteiger partial charge in [0.1, 0.15) is 0 Å². The van der Waals surface area contributed by atoms with Crippen LogP contribution in [-0.2, 0) is 20.9 Å². The first kappa shape index (κ1) is 14.9. The molecular weight excluding hydrogens is 282 g/mol. The summed E-state index contributed by atoms with van der Waals surface area (Å²) in [6.45, 7) is 2.98. The molecule has 20 heavy (non-hydrogen) atoms. The van der Waals surface area contributed by atoms with Gasteiger partial charge in [-0.2, -0.15) is 0 Å². The Hall–Kier alpha value is -1.54. The summed E-state index contributed by atoms with van der Waals surface area (Å²) in [5.41, 5.74) is 0. The van der Waals surface area contributed by atoms with E-state index < -0.39 is 5.97 Å². The molecule has 0 bridgehead atoms. The topological polar surface area (TPSA) is 84.7 Å². The van der Waals surface area contributed by atoms with Gasteiger partial charge < -0.3 is 19.3 Å². The molecule has 0 atom stereocenters. The number of carbonyl (C=O) groups is 2. The highest BCUT2D eigenvalue weighted by Crippen LogP contribution is 2.16. The lowest BCUT2D eigenvalue weighted by Crippen LogP contribution is -2.40. The van der Waals surface area contributed by atoms with E-state index in [-0.39, 0.29) is 11.7 Å². The smallest absolute Gasteiger partial charge is 0.313 e. The predicted molar refractivity (Wildman–Crippen MR) is 72.6 cm³/mol. The molecule has 1 aliphatic rings. The van der Waals surface area contributed by atoms with Crippen LogP contribution in [0, 0.1) is 0 Å². The van der Waals surface area contributed by atoms with Crippen LogP contribution in [0.15, 0.2) is 17.6 Å². The SMILES string of the molecule is O=C(O)CSc1nccn1CCC(=O)N1CCOCC1. The van der Waals surface area contributed by atoms with Crippen molar-refractivity contribution in [2.24, 2.45) is 0 Å². The predicted octanol–water partition coefficient (Wildman–Crippen LogP) is 0.309. The summed E-state index contributed by atoms with van der Waals surface area (Å²) in [4.78, 5) is 28.4. The number of carbonyl (C=O) groups excluding carboxylic acids is 1. The molecule has 1 aromatic heterocycles. The summed E-state index contributed by atoms with van der Waals surface area (Å²) >= 11 is 1.16. The Bertz CT molecular complexity index is 471. The lowest BCUT2D eigenvalue weighted by Gasteiger charge is -2.26. The minimum Gasteiger partial charge on any atom is -0.481 e. The molecule has 1 amide bonds. The van der Waals surface area contributed by atoms with Gasteiger partial charge >= 0.3 is 5.97 Å². The van der Waals surface area contributed by atoms with Crippen molar-refractivity contribution in [2.75, 3.05) is 32.1 Å². The number of carboxylic acid groups (broad SMARTS) is 1. The van der Waals surface area contributed by atoms with Crippen LogP contribution in [0.2, 0.25) is 0 Å². The molecule has 1 aliphatic heterocycles. The minimum absolute atomic E-state index is 0.0333. The summed E-state index contributed by atoms with van der Waals surface area (Å²) in [7, 11) is 0. The van der Waals surface area contributed by atoms with Gasteiger partial charge in [-0.1, -0.05) is 11.8 Å². The molecule has 1 saturated heterocycles. The van der Waals surface area contributed by atoms with Crippen LogP contribution < -0.4 is 0 Å². The fourth-order valence-electron chi connectivity index (χ4n) is 1.92. The average Bonchev–Trinajstić information content (AvgIpc) is 2.91. The van der Waals surface area contributed by atoms with Crippen LogP contribution in [0.3, 0.4) is 0 Å². The number of carboxylic acids is 1. The van der Waals surface area contributed by atoms with Crippen molar-refractivity contribution < 1.29 is 19.4 Å². The Balaban J connectivity index is 1.82. The Labute approximate surface area is 120 Å². The number of rotatable bonds is 6. The van der Waals surface area contributed by atoms with E-state index in [0.717, 1.165) is 11.8 Å². The van der Waals surface area contributed by atoms with E-state index in [4.69, 9.17) is 9.84 Å². The fraction of sp³-hybridized carbons (Fsp3) is 0.583. The monoisotopic (exact) mass is 299 g/mol. The number of ether oxygens (including phenoxy) is 1. The largest absolute Gasteiger partial charge is 0.481 e. The van der Waals surface area contributed by atoms with Gasteiger partial charge in [-0.3, -0.25) is 9.59 Å². The number of aryl methyl sites for hydroxylation is 1. The zero-order valence-corrected chi connectivity index (χ0v) is 11.8. The minimum atomic E-state index is -0.881. The van der Waals surface area contributed by atoms with Gasteiger partial charge in [0.05, 0.1) is 19.0 Å². The molecule has 0 unspecified atom stereocenters. The molecule has 0 aliphatic carbocycles. The van der Waals surface area contributed by atoms with Crippen LogP contribution in [0.25, 0.3) is 0 Å². The van der Waals surface area contributed by atoms with Gasteiger partial charge in [0.25, 0.3) is 0 Å². The maximum absolute atomic E-state index is 12.0. The quantitative estimate of drug-likeness (QED) is 0.761. The van der Waals surface area contributed by atoms with E-state index in [1.807, 2.05) is 4.57 Å². The third-order valence-electron chi connectivity index (χ3n) is 2.93. The Morgan fingerprint density at radius 3 is 2.85 bits per heavy atom. The van der Waals surface area contributed by atoms with Crippen molar-refractivity contribution in [3.8, 4) is 0 Å². The zero-order chi connectivity index (χ0) is 14.4. The number of aromatic nitrogens is 2. The molecule has 8 heteroatoms. The summed E-state index contributed by atoms with van der Waals surface area (Å²) in [6, 6.07) is 0. The molecule has 0 saturated carbocycles. The Morgan fingerprint density at radius 1 is 1.40 bits per heavy atom. The molecule has 110 valence electrons. The molecule has 0 aromatic carbocycles. The van der Waals surface area contributed by atoms with Crippen LogP contribution in [0.5, 0.6) is 0 Å². The standard InChI is InChI=1S/C12H17N3O4S/c16-10(14-5-7-19-8-6-14)1-3-15-4-2-13-12(15)20-9-11(17)18/h2,4H,1,3,5-9H2,(H,17,18). The number of nitrogens with zero attached hydrogens (tertiary/aromatic N) is 3. The third kappa shape index (κ3) is 4.24. The number of imidazole rings is 1. The van der Waals surface area contributed by atoms with Crippen molar-refractivity contribution in [1.29, 1.82) is 0 Å². The maximum Gasteiger partial charge on any atom is 0.313 e. The van der Waals surface area contributed by atoms with Crippen LogP contribution >= 0.6 is 11.8 Å². The van der Waals surface area contributed by atoms with E-state index >= 15 is 0 Å². The number of thioether (sulfide) groups is 1. The van der Waals surface area contributed by atoms with E-state index in [9.17, 15) is 9.59 Å². The van der Waals surface area contributed by atoms with Gasteiger partial charge in [0, 0.05) is 38.4 Å². The second kappa shape index (κ2) is 7.30. The second-order valence-electron chi connectivity index (χ2n) is 4.33. The summed E-state index contributed by atoms with van der Waals surface area (Å²) < 4.78 is 7.02. The number of amides is 1. The van der Waals surface area contributed by atoms with E-state index in [2.05, 4.69) is 4.98 Å². The van der Waals surface area contributed by atoms with Crippen LogP contribution in [0.4, 0.5) is 0 Å². The molecule has 2 rings (SSSR count). The Morgan fingerprint density at radius 2 is 2.15 bits per heavy atom. The van der Waals surface area contributed by atoms with Gasteiger partial charge in [0.15, 0.2) is 5.16 Å². The number of aliphatic carboxylic acids is 1. The summed E-state index contributed by atoms with van der Waals surface area (Å²) in [5, 5.41) is 9.29. The third-order valence-corrected chi connectivity index (χ3v) is 3.92. The van der Waals surface area contributed by atoms with E-state index in [1.54, 1.807) is 17.3 Å². The highest BCUT2D eigenvalue weighted by molar-refractivity contribution is 7.99. The number of hydrogen-bond donors (Lipinski definition) is 1. The van der Waals surface area contributed by atoms with E-state index in [1.165, 1.54) is 0 Å². The normalized spacial score (nSPS) is 15.3. The molecule has 1 N–H and O–H groups in total. The first-order valence-corrected chi connectivity index (χ1v) is 7.36. The number of hydrogen-bond acceptors (Lipinski definition) is 5.